The van der Waals surface area contributed by atoms with Crippen molar-refractivity contribution in [2.24, 2.45) is 0 Å². The van der Waals surface area contributed by atoms with Crippen molar-refractivity contribution in [3.05, 3.63) is 70.2 Å². The number of methoxy groups -OCH3 is 1. The minimum absolute atomic E-state index is 0.0440. The van der Waals surface area contributed by atoms with Gasteiger partial charge in [-0.05, 0) is 42.3 Å². The summed E-state index contributed by atoms with van der Waals surface area (Å²) in [7, 11) is 1.64. The number of carbonyl (C=O) groups excluding carboxylic acids is 1. The van der Waals surface area contributed by atoms with E-state index in [1.54, 1.807) is 7.11 Å². The Bertz CT molecular complexity index is 914. The van der Waals surface area contributed by atoms with Gasteiger partial charge in [-0.2, -0.15) is 0 Å². The van der Waals surface area contributed by atoms with Crippen molar-refractivity contribution < 1.29 is 9.53 Å². The van der Waals surface area contributed by atoms with Crippen molar-refractivity contribution in [2.75, 3.05) is 19.0 Å². The second kappa shape index (κ2) is 9.39. The molecule has 0 unspecified atom stereocenters. The van der Waals surface area contributed by atoms with Gasteiger partial charge in [-0.15, -0.1) is 11.3 Å². The number of aromatic nitrogens is 1. The minimum atomic E-state index is -0.0440. The summed E-state index contributed by atoms with van der Waals surface area (Å²) < 4.78 is 5.20. The molecule has 7 heteroatoms. The van der Waals surface area contributed by atoms with Crippen LogP contribution in [0.3, 0.4) is 0 Å². The number of amides is 1. The lowest BCUT2D eigenvalue weighted by molar-refractivity contribution is -0.120. The molecule has 1 aromatic heterocycles. The van der Waals surface area contributed by atoms with E-state index in [9.17, 15) is 4.79 Å². The Labute approximate surface area is 167 Å². The first-order chi connectivity index (χ1) is 13.1. The number of thiazole rings is 1. The smallest absolute Gasteiger partial charge is 0.226 e. The molecule has 0 saturated carbocycles. The zero-order chi connectivity index (χ0) is 19.1. The van der Waals surface area contributed by atoms with Gasteiger partial charge in [-0.3, -0.25) is 4.79 Å². The zero-order valence-corrected chi connectivity index (χ0v) is 16.4. The van der Waals surface area contributed by atoms with Crippen LogP contribution in [0.1, 0.15) is 11.3 Å². The predicted molar refractivity (Wildman–Crippen MR) is 110 cm³/mol. The maximum Gasteiger partial charge on any atom is 0.226 e. The van der Waals surface area contributed by atoms with Crippen LogP contribution < -0.4 is 15.4 Å². The number of rotatable bonds is 8. The van der Waals surface area contributed by atoms with E-state index in [-0.39, 0.29) is 12.3 Å². The monoisotopic (exact) mass is 401 g/mol. The molecule has 0 aliphatic heterocycles. The van der Waals surface area contributed by atoms with Gasteiger partial charge in [0.25, 0.3) is 0 Å². The van der Waals surface area contributed by atoms with Gasteiger partial charge in [0.15, 0.2) is 5.13 Å². The molecule has 27 heavy (non-hydrogen) atoms. The van der Waals surface area contributed by atoms with E-state index < -0.39 is 0 Å². The third-order valence-corrected chi connectivity index (χ3v) is 4.88. The first-order valence-electron chi connectivity index (χ1n) is 8.49. The second-order valence-electron chi connectivity index (χ2n) is 5.91. The van der Waals surface area contributed by atoms with Gasteiger partial charge in [0.2, 0.25) is 5.91 Å². The number of nitrogens with zero attached hydrogens (tertiary/aromatic N) is 1. The normalized spacial score (nSPS) is 10.4. The lowest BCUT2D eigenvalue weighted by atomic mass is 10.1. The topological polar surface area (TPSA) is 63.2 Å². The van der Waals surface area contributed by atoms with E-state index in [1.165, 1.54) is 11.3 Å². The standard InChI is InChI=1S/C20H20ClN3O2S/c1-26-18-7-2-4-14(10-18)8-9-22-19(25)12-17-13-27-20(24-17)23-16-6-3-5-15(21)11-16/h2-7,10-11,13H,8-9,12H2,1H3,(H,22,25)(H,23,24). The molecule has 0 atom stereocenters. The number of benzene rings is 2. The fourth-order valence-corrected chi connectivity index (χ4v) is 3.46. The van der Waals surface area contributed by atoms with E-state index in [2.05, 4.69) is 15.6 Å². The molecule has 3 aromatic rings. The summed E-state index contributed by atoms with van der Waals surface area (Å²) in [4.78, 5) is 16.6. The number of anilines is 2. The molecular formula is C20H20ClN3O2S. The lowest BCUT2D eigenvalue weighted by Crippen LogP contribution is -2.27. The zero-order valence-electron chi connectivity index (χ0n) is 14.9. The highest BCUT2D eigenvalue weighted by atomic mass is 35.5. The molecule has 1 heterocycles. The quantitative estimate of drug-likeness (QED) is 0.585. The number of ether oxygens (including phenoxy) is 1. The highest BCUT2D eigenvalue weighted by Gasteiger charge is 2.08. The molecule has 140 valence electrons. The molecule has 2 N–H and O–H groups in total. The lowest BCUT2D eigenvalue weighted by Gasteiger charge is -2.06. The Kier molecular flexibility index (Phi) is 6.68. The van der Waals surface area contributed by atoms with Crippen LogP contribution in [0.15, 0.2) is 53.9 Å². The van der Waals surface area contributed by atoms with Crippen LogP contribution in [0.25, 0.3) is 0 Å². The molecule has 0 bridgehead atoms. The third kappa shape index (κ3) is 5.98. The molecule has 0 aliphatic carbocycles. The molecule has 0 radical (unpaired) electrons. The minimum Gasteiger partial charge on any atom is -0.497 e. The highest BCUT2D eigenvalue weighted by molar-refractivity contribution is 7.13. The van der Waals surface area contributed by atoms with E-state index in [0.717, 1.165) is 34.2 Å². The molecule has 0 saturated heterocycles. The van der Waals surface area contributed by atoms with Crippen molar-refractivity contribution in [3.63, 3.8) is 0 Å². The summed E-state index contributed by atoms with van der Waals surface area (Å²) in [6.07, 6.45) is 1.01. The summed E-state index contributed by atoms with van der Waals surface area (Å²) in [6.45, 7) is 0.573. The summed E-state index contributed by atoms with van der Waals surface area (Å²) in [5.74, 6) is 0.776. The van der Waals surface area contributed by atoms with E-state index in [4.69, 9.17) is 16.3 Å². The van der Waals surface area contributed by atoms with Crippen molar-refractivity contribution in [3.8, 4) is 5.75 Å². The molecular weight excluding hydrogens is 382 g/mol. The first-order valence-corrected chi connectivity index (χ1v) is 9.75. The van der Waals surface area contributed by atoms with Crippen molar-refractivity contribution in [1.82, 2.24) is 10.3 Å². The van der Waals surface area contributed by atoms with E-state index in [0.29, 0.717) is 11.6 Å². The largest absolute Gasteiger partial charge is 0.497 e. The summed E-state index contributed by atoms with van der Waals surface area (Å²) in [6, 6.07) is 15.3. The van der Waals surface area contributed by atoms with Crippen LogP contribution in [-0.4, -0.2) is 24.5 Å². The van der Waals surface area contributed by atoms with Gasteiger partial charge >= 0.3 is 0 Å². The fraction of sp³-hybridized carbons (Fsp3) is 0.200. The molecule has 2 aromatic carbocycles. The molecule has 1 amide bonds. The Morgan fingerprint density at radius 3 is 2.89 bits per heavy atom. The summed E-state index contributed by atoms with van der Waals surface area (Å²) >= 11 is 7.44. The van der Waals surface area contributed by atoms with Crippen LogP contribution in [0.2, 0.25) is 5.02 Å². The van der Waals surface area contributed by atoms with Crippen LogP contribution in [0.5, 0.6) is 5.75 Å². The van der Waals surface area contributed by atoms with Gasteiger partial charge in [-0.1, -0.05) is 29.8 Å². The van der Waals surface area contributed by atoms with Crippen LogP contribution in [-0.2, 0) is 17.6 Å². The van der Waals surface area contributed by atoms with Crippen LogP contribution >= 0.6 is 22.9 Å². The van der Waals surface area contributed by atoms with Gasteiger partial charge in [0.1, 0.15) is 5.75 Å². The van der Waals surface area contributed by atoms with E-state index >= 15 is 0 Å². The highest BCUT2D eigenvalue weighted by Crippen LogP contribution is 2.23. The Hall–Kier alpha value is -2.57. The Balaban J connectivity index is 1.46. The third-order valence-electron chi connectivity index (χ3n) is 3.84. The first kappa shape index (κ1) is 19.2. The van der Waals surface area contributed by atoms with Crippen molar-refractivity contribution >= 4 is 39.7 Å². The predicted octanol–water partition coefficient (Wildman–Crippen LogP) is 4.45. The number of carbonyl (C=O) groups is 1. The summed E-state index contributed by atoms with van der Waals surface area (Å²) in [5, 5.41) is 9.40. The molecule has 0 spiro atoms. The molecule has 0 fully saturated rings. The Morgan fingerprint density at radius 2 is 2.07 bits per heavy atom. The molecule has 0 aliphatic rings. The number of hydrogen-bond donors (Lipinski definition) is 2. The van der Waals surface area contributed by atoms with Crippen LogP contribution in [0.4, 0.5) is 10.8 Å². The van der Waals surface area contributed by atoms with Gasteiger partial charge in [-0.25, -0.2) is 4.98 Å². The number of halogens is 1. The van der Waals surface area contributed by atoms with Crippen molar-refractivity contribution in [1.29, 1.82) is 0 Å². The van der Waals surface area contributed by atoms with Crippen LogP contribution in [0, 0.1) is 0 Å². The molecule has 3 rings (SSSR count). The van der Waals surface area contributed by atoms with Gasteiger partial charge in [0.05, 0.1) is 19.2 Å². The second-order valence-corrected chi connectivity index (χ2v) is 7.20. The SMILES string of the molecule is COc1cccc(CCNC(=O)Cc2csc(Nc3cccc(Cl)c3)n2)c1. The van der Waals surface area contributed by atoms with Gasteiger partial charge < -0.3 is 15.4 Å². The average molecular weight is 402 g/mol. The number of nitrogens with one attached hydrogen (secondary N) is 2. The maximum absolute atomic E-state index is 12.1. The average Bonchev–Trinajstić information content (AvgIpc) is 3.08. The maximum atomic E-state index is 12.1. The van der Waals surface area contributed by atoms with Crippen molar-refractivity contribution in [2.45, 2.75) is 12.8 Å². The summed E-state index contributed by atoms with van der Waals surface area (Å²) in [5.41, 5.74) is 2.73. The Morgan fingerprint density at radius 1 is 1.22 bits per heavy atom. The fourth-order valence-electron chi connectivity index (χ4n) is 2.54. The molecule has 5 nitrogen and oxygen atoms in total. The van der Waals surface area contributed by atoms with E-state index in [1.807, 2.05) is 53.9 Å². The number of hydrogen-bond acceptors (Lipinski definition) is 5. The van der Waals surface area contributed by atoms with Gasteiger partial charge in [0, 0.05) is 22.6 Å².